The molecule has 0 saturated carbocycles. The second kappa shape index (κ2) is 3.85. The molecule has 1 aromatic heterocycles. The number of aldehydes is 1. The molecule has 0 bridgehead atoms. The molecular formula is C9H11NO2. The Bertz CT molecular complexity index is 288. The molecule has 0 N–H and O–H groups in total. The van der Waals surface area contributed by atoms with Gasteiger partial charge in [0.25, 0.3) is 0 Å². The molecule has 0 unspecified atom stereocenters. The van der Waals surface area contributed by atoms with E-state index in [9.17, 15) is 9.59 Å². The van der Waals surface area contributed by atoms with Gasteiger partial charge in [0, 0.05) is 19.2 Å². The Morgan fingerprint density at radius 3 is 3.00 bits per heavy atom. The van der Waals surface area contributed by atoms with Crippen molar-refractivity contribution in [2.24, 2.45) is 0 Å². The zero-order chi connectivity index (χ0) is 8.97. The molecule has 0 radical (unpaired) electrons. The molecule has 0 aliphatic rings. The molecule has 0 amide bonds. The number of hydrogen-bond acceptors (Lipinski definition) is 2. The van der Waals surface area contributed by atoms with Crippen LogP contribution in [-0.4, -0.2) is 16.6 Å². The fourth-order valence-electron chi connectivity index (χ4n) is 1.02. The molecule has 1 rings (SSSR count). The largest absolute Gasteiger partial charge is 0.345 e. The fourth-order valence-corrected chi connectivity index (χ4v) is 1.02. The first-order valence-electron chi connectivity index (χ1n) is 3.84. The topological polar surface area (TPSA) is 39.1 Å². The highest BCUT2D eigenvalue weighted by Gasteiger charge is 1.99. The van der Waals surface area contributed by atoms with Crippen molar-refractivity contribution in [2.75, 3.05) is 0 Å². The van der Waals surface area contributed by atoms with Gasteiger partial charge >= 0.3 is 0 Å². The highest BCUT2D eigenvalue weighted by atomic mass is 16.1. The Hall–Kier alpha value is -1.38. The molecule has 12 heavy (non-hydrogen) atoms. The van der Waals surface area contributed by atoms with E-state index >= 15 is 0 Å². The van der Waals surface area contributed by atoms with Crippen LogP contribution in [0.15, 0.2) is 18.3 Å². The summed E-state index contributed by atoms with van der Waals surface area (Å²) in [5.41, 5.74) is 0.622. The summed E-state index contributed by atoms with van der Waals surface area (Å²) in [6, 6.07) is 3.52. The van der Waals surface area contributed by atoms with Crippen molar-refractivity contribution in [1.82, 2.24) is 4.57 Å². The SMILES string of the molecule is CC(=O)CCn1cccc1C=O. The van der Waals surface area contributed by atoms with Crippen LogP contribution in [-0.2, 0) is 11.3 Å². The summed E-state index contributed by atoms with van der Waals surface area (Å²) in [7, 11) is 0. The van der Waals surface area contributed by atoms with Crippen LogP contribution in [0.1, 0.15) is 23.8 Å². The molecule has 1 aromatic rings. The summed E-state index contributed by atoms with van der Waals surface area (Å²) in [6.45, 7) is 2.14. The van der Waals surface area contributed by atoms with E-state index in [1.807, 2.05) is 0 Å². The van der Waals surface area contributed by atoms with Crippen LogP contribution in [0, 0.1) is 0 Å². The molecule has 64 valence electrons. The highest BCUT2D eigenvalue weighted by molar-refractivity contribution is 5.76. The number of aromatic nitrogens is 1. The van der Waals surface area contributed by atoms with Gasteiger partial charge in [0.1, 0.15) is 5.78 Å². The molecular weight excluding hydrogens is 154 g/mol. The Morgan fingerprint density at radius 1 is 1.67 bits per heavy atom. The van der Waals surface area contributed by atoms with E-state index in [1.54, 1.807) is 29.8 Å². The van der Waals surface area contributed by atoms with Gasteiger partial charge in [-0.2, -0.15) is 0 Å². The van der Waals surface area contributed by atoms with E-state index in [2.05, 4.69) is 0 Å². The Balaban J connectivity index is 2.62. The minimum Gasteiger partial charge on any atom is -0.345 e. The van der Waals surface area contributed by atoms with Gasteiger partial charge in [-0.1, -0.05) is 0 Å². The third-order valence-electron chi connectivity index (χ3n) is 1.69. The lowest BCUT2D eigenvalue weighted by Crippen LogP contribution is -2.04. The predicted octanol–water partition coefficient (Wildman–Crippen LogP) is 1.28. The summed E-state index contributed by atoms with van der Waals surface area (Å²) in [4.78, 5) is 21.1. The maximum atomic E-state index is 10.6. The monoisotopic (exact) mass is 165 g/mol. The molecule has 3 heteroatoms. The van der Waals surface area contributed by atoms with E-state index < -0.39 is 0 Å². The zero-order valence-corrected chi connectivity index (χ0v) is 6.99. The second-order valence-corrected chi connectivity index (χ2v) is 2.70. The van der Waals surface area contributed by atoms with Crippen LogP contribution in [0.3, 0.4) is 0 Å². The molecule has 3 nitrogen and oxygen atoms in total. The van der Waals surface area contributed by atoms with E-state index in [1.165, 1.54) is 0 Å². The van der Waals surface area contributed by atoms with Gasteiger partial charge in [-0.25, -0.2) is 0 Å². The second-order valence-electron chi connectivity index (χ2n) is 2.70. The molecule has 0 atom stereocenters. The summed E-state index contributed by atoms with van der Waals surface area (Å²) >= 11 is 0. The summed E-state index contributed by atoms with van der Waals surface area (Å²) in [5, 5.41) is 0. The normalized spacial score (nSPS) is 9.75. The first-order chi connectivity index (χ1) is 5.74. The number of aryl methyl sites for hydroxylation is 1. The lowest BCUT2D eigenvalue weighted by atomic mass is 10.3. The van der Waals surface area contributed by atoms with Crippen LogP contribution < -0.4 is 0 Å². The lowest BCUT2D eigenvalue weighted by Gasteiger charge is -2.01. The number of ketones is 1. The standard InChI is InChI=1S/C9H11NO2/c1-8(12)4-6-10-5-2-3-9(10)7-11/h2-3,5,7H,4,6H2,1H3. The van der Waals surface area contributed by atoms with Gasteiger partial charge in [0.05, 0.1) is 5.69 Å². The number of rotatable bonds is 4. The van der Waals surface area contributed by atoms with Crippen LogP contribution in [0.25, 0.3) is 0 Å². The van der Waals surface area contributed by atoms with Crippen LogP contribution in [0.2, 0.25) is 0 Å². The Morgan fingerprint density at radius 2 is 2.42 bits per heavy atom. The van der Waals surface area contributed by atoms with E-state index in [0.29, 0.717) is 18.7 Å². The maximum absolute atomic E-state index is 10.6. The minimum atomic E-state index is 0.139. The third kappa shape index (κ3) is 2.05. The van der Waals surface area contributed by atoms with Gasteiger partial charge in [-0.05, 0) is 19.1 Å². The van der Waals surface area contributed by atoms with Crippen LogP contribution in [0.5, 0.6) is 0 Å². The van der Waals surface area contributed by atoms with Crippen molar-refractivity contribution >= 4 is 12.1 Å². The van der Waals surface area contributed by atoms with E-state index in [4.69, 9.17) is 0 Å². The lowest BCUT2D eigenvalue weighted by molar-refractivity contribution is -0.117. The first kappa shape index (κ1) is 8.71. The first-order valence-corrected chi connectivity index (χ1v) is 3.84. The Kier molecular flexibility index (Phi) is 2.80. The van der Waals surface area contributed by atoms with Crippen molar-refractivity contribution in [3.05, 3.63) is 24.0 Å². The minimum absolute atomic E-state index is 0.139. The average molecular weight is 165 g/mol. The van der Waals surface area contributed by atoms with Crippen LogP contribution >= 0.6 is 0 Å². The molecule has 1 heterocycles. The van der Waals surface area contributed by atoms with Gasteiger partial charge in [0.15, 0.2) is 6.29 Å². The fraction of sp³-hybridized carbons (Fsp3) is 0.333. The number of Topliss-reactive ketones (excluding diaryl/α,β-unsaturated/α-hetero) is 1. The van der Waals surface area contributed by atoms with E-state index in [-0.39, 0.29) is 5.78 Å². The zero-order valence-electron chi connectivity index (χ0n) is 6.99. The number of carbonyl (C=O) groups excluding carboxylic acids is 2. The number of carbonyl (C=O) groups is 2. The van der Waals surface area contributed by atoms with E-state index in [0.717, 1.165) is 6.29 Å². The summed E-state index contributed by atoms with van der Waals surface area (Å²) in [5.74, 6) is 0.139. The third-order valence-corrected chi connectivity index (χ3v) is 1.69. The number of nitrogens with zero attached hydrogens (tertiary/aromatic N) is 1. The molecule has 0 spiro atoms. The van der Waals surface area contributed by atoms with Crippen LogP contribution in [0.4, 0.5) is 0 Å². The molecule has 0 aromatic carbocycles. The highest BCUT2D eigenvalue weighted by Crippen LogP contribution is 2.00. The summed E-state index contributed by atoms with van der Waals surface area (Å²) < 4.78 is 1.77. The van der Waals surface area contributed by atoms with Gasteiger partial charge in [-0.3, -0.25) is 9.59 Å². The van der Waals surface area contributed by atoms with Crippen molar-refractivity contribution < 1.29 is 9.59 Å². The molecule has 0 fully saturated rings. The van der Waals surface area contributed by atoms with Gasteiger partial charge in [0.2, 0.25) is 0 Å². The van der Waals surface area contributed by atoms with Gasteiger partial charge in [-0.15, -0.1) is 0 Å². The quantitative estimate of drug-likeness (QED) is 0.630. The number of hydrogen-bond donors (Lipinski definition) is 0. The average Bonchev–Trinajstić information content (AvgIpc) is 2.47. The van der Waals surface area contributed by atoms with Gasteiger partial charge < -0.3 is 4.57 Å². The van der Waals surface area contributed by atoms with Crippen molar-refractivity contribution in [3.8, 4) is 0 Å². The van der Waals surface area contributed by atoms with Crippen molar-refractivity contribution in [3.63, 3.8) is 0 Å². The predicted molar refractivity (Wildman–Crippen MR) is 45.1 cm³/mol. The molecule has 0 aliphatic carbocycles. The van der Waals surface area contributed by atoms with Crippen molar-refractivity contribution in [1.29, 1.82) is 0 Å². The molecule has 0 aliphatic heterocycles. The Labute approximate surface area is 71.0 Å². The maximum Gasteiger partial charge on any atom is 0.166 e. The molecule has 0 saturated heterocycles. The van der Waals surface area contributed by atoms with Crippen molar-refractivity contribution in [2.45, 2.75) is 19.9 Å². The summed E-state index contributed by atoms with van der Waals surface area (Å²) in [6.07, 6.45) is 3.07. The smallest absolute Gasteiger partial charge is 0.166 e.